The van der Waals surface area contributed by atoms with Gasteiger partial charge in [0.05, 0.1) is 5.39 Å². The summed E-state index contributed by atoms with van der Waals surface area (Å²) in [6.45, 7) is 2.17. The summed E-state index contributed by atoms with van der Waals surface area (Å²) in [5, 5.41) is 5.57. The van der Waals surface area contributed by atoms with E-state index in [1.165, 1.54) is 35.4 Å². The van der Waals surface area contributed by atoms with Crippen molar-refractivity contribution in [3.05, 3.63) is 77.2 Å². The van der Waals surface area contributed by atoms with Crippen molar-refractivity contribution in [1.82, 2.24) is 15.3 Å². The number of fused-ring (bicyclic) bond motifs is 1. The molecule has 0 unspecified atom stereocenters. The minimum Gasteiger partial charge on any atom is -0.467 e. The van der Waals surface area contributed by atoms with Gasteiger partial charge in [0, 0.05) is 17.5 Å². The molecule has 29 heavy (non-hydrogen) atoms. The van der Waals surface area contributed by atoms with Gasteiger partial charge in [-0.15, -0.1) is 11.3 Å². The summed E-state index contributed by atoms with van der Waals surface area (Å²) in [6, 6.07) is 14.2. The van der Waals surface area contributed by atoms with Gasteiger partial charge in [-0.3, -0.25) is 4.79 Å². The molecule has 0 aliphatic carbocycles. The summed E-state index contributed by atoms with van der Waals surface area (Å²) < 4.78 is 18.7. The second-order valence-corrected chi connectivity index (χ2v) is 7.42. The molecule has 0 spiro atoms. The molecule has 5 nitrogen and oxygen atoms in total. The molecule has 146 valence electrons. The maximum atomic E-state index is 13.0. The summed E-state index contributed by atoms with van der Waals surface area (Å²) in [7, 11) is 0. The highest BCUT2D eigenvalue weighted by atomic mass is 32.1. The van der Waals surface area contributed by atoms with Crippen LogP contribution in [0.2, 0.25) is 0 Å². The number of carbonyl (C=O) groups excluding carboxylic acids is 1. The number of carbonyl (C=O) groups is 1. The van der Waals surface area contributed by atoms with E-state index in [9.17, 15) is 9.18 Å². The number of aryl methyl sites for hydroxylation is 1. The van der Waals surface area contributed by atoms with Crippen molar-refractivity contribution in [1.29, 1.82) is 0 Å². The van der Waals surface area contributed by atoms with Crippen LogP contribution in [0.5, 0.6) is 5.88 Å². The van der Waals surface area contributed by atoms with Crippen LogP contribution >= 0.6 is 11.3 Å². The maximum absolute atomic E-state index is 13.0. The van der Waals surface area contributed by atoms with E-state index < -0.39 is 0 Å². The number of hydrogen-bond donors (Lipinski definition) is 1. The molecule has 1 N–H and O–H groups in total. The van der Waals surface area contributed by atoms with Crippen molar-refractivity contribution in [2.24, 2.45) is 0 Å². The second kappa shape index (κ2) is 8.36. The van der Waals surface area contributed by atoms with E-state index in [4.69, 9.17) is 4.74 Å². The Morgan fingerprint density at radius 1 is 1.10 bits per heavy atom. The van der Waals surface area contributed by atoms with Crippen molar-refractivity contribution >= 4 is 27.5 Å². The van der Waals surface area contributed by atoms with Crippen LogP contribution in [0.4, 0.5) is 4.39 Å². The highest BCUT2D eigenvalue weighted by molar-refractivity contribution is 7.17. The van der Waals surface area contributed by atoms with Crippen LogP contribution in [0.1, 0.15) is 11.1 Å². The van der Waals surface area contributed by atoms with Gasteiger partial charge in [0.25, 0.3) is 5.91 Å². The third-order valence-electron chi connectivity index (χ3n) is 4.44. The lowest BCUT2D eigenvalue weighted by atomic mass is 10.0. The van der Waals surface area contributed by atoms with E-state index in [1.807, 2.05) is 36.6 Å². The van der Waals surface area contributed by atoms with Crippen molar-refractivity contribution in [3.63, 3.8) is 0 Å². The van der Waals surface area contributed by atoms with Gasteiger partial charge in [-0.25, -0.2) is 14.4 Å². The maximum Gasteiger partial charge on any atom is 0.258 e. The highest BCUT2D eigenvalue weighted by Crippen LogP contribution is 2.37. The monoisotopic (exact) mass is 407 g/mol. The molecule has 0 bridgehead atoms. The van der Waals surface area contributed by atoms with E-state index >= 15 is 0 Å². The van der Waals surface area contributed by atoms with Crippen molar-refractivity contribution in [2.45, 2.75) is 13.5 Å². The van der Waals surface area contributed by atoms with Gasteiger partial charge >= 0.3 is 0 Å². The van der Waals surface area contributed by atoms with Crippen LogP contribution in [0.15, 0.2) is 60.2 Å². The first-order chi connectivity index (χ1) is 14.1. The Morgan fingerprint density at radius 2 is 1.86 bits per heavy atom. The minimum atomic E-state index is -0.309. The summed E-state index contributed by atoms with van der Waals surface area (Å²) in [5.74, 6) is -0.215. The van der Waals surface area contributed by atoms with Crippen LogP contribution < -0.4 is 10.1 Å². The van der Waals surface area contributed by atoms with Gasteiger partial charge in [0.15, 0.2) is 6.61 Å². The zero-order valence-electron chi connectivity index (χ0n) is 15.7. The predicted octanol–water partition coefficient (Wildman–Crippen LogP) is 4.50. The van der Waals surface area contributed by atoms with E-state index in [1.54, 1.807) is 12.1 Å². The summed E-state index contributed by atoms with van der Waals surface area (Å²) in [4.78, 5) is 21.5. The van der Waals surface area contributed by atoms with Crippen molar-refractivity contribution < 1.29 is 13.9 Å². The SMILES string of the molecule is Cc1ccc(-c2csc3ncnc(OCC(=O)NCc4ccc(F)cc4)c23)cc1. The molecule has 2 aromatic carbocycles. The summed E-state index contributed by atoms with van der Waals surface area (Å²) in [6.07, 6.45) is 1.43. The molecule has 0 saturated heterocycles. The third-order valence-corrected chi connectivity index (χ3v) is 5.33. The number of amides is 1. The largest absolute Gasteiger partial charge is 0.467 e. The van der Waals surface area contributed by atoms with Crippen LogP contribution in [-0.4, -0.2) is 22.5 Å². The van der Waals surface area contributed by atoms with Crippen LogP contribution in [0, 0.1) is 12.7 Å². The van der Waals surface area contributed by atoms with Crippen molar-refractivity contribution in [2.75, 3.05) is 6.61 Å². The number of thiophene rings is 1. The summed E-state index contributed by atoms with van der Waals surface area (Å²) in [5.41, 5.74) is 4.01. The average Bonchev–Trinajstić information content (AvgIpc) is 3.17. The first kappa shape index (κ1) is 19.0. The normalized spacial score (nSPS) is 10.8. The number of aromatic nitrogens is 2. The van der Waals surface area contributed by atoms with Gasteiger partial charge < -0.3 is 10.1 Å². The van der Waals surface area contributed by atoms with Gasteiger partial charge in [-0.2, -0.15) is 0 Å². The third kappa shape index (κ3) is 4.41. The molecule has 0 fully saturated rings. The molecule has 0 aliphatic rings. The molecule has 0 atom stereocenters. The number of rotatable bonds is 6. The highest BCUT2D eigenvalue weighted by Gasteiger charge is 2.15. The first-order valence-electron chi connectivity index (χ1n) is 9.03. The quantitative estimate of drug-likeness (QED) is 0.511. The Morgan fingerprint density at radius 3 is 2.62 bits per heavy atom. The summed E-state index contributed by atoms with van der Waals surface area (Å²) >= 11 is 1.51. The lowest BCUT2D eigenvalue weighted by Crippen LogP contribution is -2.28. The number of benzene rings is 2. The number of ether oxygens (including phenoxy) is 1. The Hall–Kier alpha value is -3.32. The van der Waals surface area contributed by atoms with Gasteiger partial charge in [0.2, 0.25) is 5.88 Å². The van der Waals surface area contributed by atoms with Gasteiger partial charge in [-0.1, -0.05) is 42.0 Å². The fourth-order valence-electron chi connectivity index (χ4n) is 2.89. The molecule has 2 heterocycles. The molecule has 4 rings (SSSR count). The molecule has 0 aliphatic heterocycles. The Kier molecular flexibility index (Phi) is 5.48. The molecule has 0 saturated carbocycles. The molecular weight excluding hydrogens is 389 g/mol. The van der Waals surface area contributed by atoms with Crippen LogP contribution in [0.25, 0.3) is 21.3 Å². The van der Waals surface area contributed by atoms with Gasteiger partial charge in [0.1, 0.15) is 17.0 Å². The molecular formula is C22H18FN3O2S. The number of hydrogen-bond acceptors (Lipinski definition) is 5. The van der Waals surface area contributed by atoms with E-state index in [0.29, 0.717) is 12.4 Å². The van der Waals surface area contributed by atoms with Crippen LogP contribution in [-0.2, 0) is 11.3 Å². The Balaban J connectivity index is 1.47. The number of halogens is 1. The average molecular weight is 407 g/mol. The fraction of sp³-hybridized carbons (Fsp3) is 0.136. The lowest BCUT2D eigenvalue weighted by molar-refractivity contribution is -0.123. The zero-order valence-corrected chi connectivity index (χ0v) is 16.5. The van der Waals surface area contributed by atoms with Crippen LogP contribution in [0.3, 0.4) is 0 Å². The molecule has 4 aromatic rings. The second-order valence-electron chi connectivity index (χ2n) is 6.57. The Labute approximate surface area is 171 Å². The fourth-order valence-corrected chi connectivity index (χ4v) is 3.80. The molecule has 0 radical (unpaired) electrons. The van der Waals surface area contributed by atoms with E-state index in [2.05, 4.69) is 15.3 Å². The zero-order chi connectivity index (χ0) is 20.2. The number of nitrogens with zero attached hydrogens (tertiary/aromatic N) is 2. The predicted molar refractivity (Wildman–Crippen MR) is 111 cm³/mol. The molecule has 2 aromatic heterocycles. The first-order valence-corrected chi connectivity index (χ1v) is 9.91. The topological polar surface area (TPSA) is 64.1 Å². The Bertz CT molecular complexity index is 1140. The van der Waals surface area contributed by atoms with E-state index in [0.717, 1.165) is 26.9 Å². The lowest BCUT2D eigenvalue weighted by Gasteiger charge is -2.09. The number of nitrogens with one attached hydrogen (secondary N) is 1. The molecule has 1 amide bonds. The van der Waals surface area contributed by atoms with Gasteiger partial charge in [-0.05, 0) is 30.2 Å². The van der Waals surface area contributed by atoms with Crippen molar-refractivity contribution in [3.8, 4) is 17.0 Å². The smallest absolute Gasteiger partial charge is 0.258 e. The van der Waals surface area contributed by atoms with E-state index in [-0.39, 0.29) is 18.3 Å². The molecule has 7 heteroatoms. The minimum absolute atomic E-state index is 0.170. The standard InChI is InChI=1S/C22H18FN3O2S/c1-14-2-6-16(7-3-14)18-12-29-22-20(18)21(25-13-26-22)28-11-19(27)24-10-15-4-8-17(23)9-5-15/h2-9,12-13H,10-11H2,1H3,(H,24,27).